The number of hydrogen-bond acceptors (Lipinski definition) is 5. The number of amides is 1. The van der Waals surface area contributed by atoms with Gasteiger partial charge in [-0.25, -0.2) is 0 Å². The van der Waals surface area contributed by atoms with Gasteiger partial charge in [0.1, 0.15) is 5.75 Å². The van der Waals surface area contributed by atoms with E-state index in [1.807, 2.05) is 48.2 Å². The molecule has 2 aromatic rings. The summed E-state index contributed by atoms with van der Waals surface area (Å²) in [5.41, 5.74) is 2.04. The first-order valence-electron chi connectivity index (χ1n) is 8.61. The van der Waals surface area contributed by atoms with E-state index in [-0.39, 0.29) is 5.91 Å². The maximum Gasteiger partial charge on any atom is 0.223 e. The number of carbonyl (C=O) groups excluding carboxylic acids is 1. The van der Waals surface area contributed by atoms with Crippen LogP contribution in [0.15, 0.2) is 36.4 Å². The second-order valence-electron chi connectivity index (χ2n) is 6.25. The molecule has 6 nitrogen and oxygen atoms in total. The first-order valence-corrected chi connectivity index (χ1v) is 8.61. The van der Waals surface area contributed by atoms with E-state index in [1.165, 1.54) is 0 Å². The second kappa shape index (κ2) is 7.96. The van der Waals surface area contributed by atoms with Crippen LogP contribution in [0, 0.1) is 6.92 Å². The van der Waals surface area contributed by atoms with Gasteiger partial charge in [-0.2, -0.15) is 5.10 Å². The summed E-state index contributed by atoms with van der Waals surface area (Å²) in [6, 6.07) is 11.8. The van der Waals surface area contributed by atoms with Gasteiger partial charge >= 0.3 is 0 Å². The Kier molecular flexibility index (Phi) is 5.48. The maximum absolute atomic E-state index is 12.5. The lowest BCUT2D eigenvalue weighted by Gasteiger charge is -2.35. The molecule has 0 unspecified atom stereocenters. The fourth-order valence-corrected chi connectivity index (χ4v) is 2.98. The van der Waals surface area contributed by atoms with Gasteiger partial charge in [-0.1, -0.05) is 12.1 Å². The summed E-state index contributed by atoms with van der Waals surface area (Å²) < 4.78 is 5.23. The number of aromatic nitrogens is 2. The monoisotopic (exact) mass is 340 g/mol. The van der Waals surface area contributed by atoms with Crippen molar-refractivity contribution in [2.75, 3.05) is 38.2 Å². The van der Waals surface area contributed by atoms with E-state index in [0.29, 0.717) is 6.42 Å². The van der Waals surface area contributed by atoms with Crippen LogP contribution >= 0.6 is 0 Å². The average molecular weight is 340 g/mol. The van der Waals surface area contributed by atoms with Crippen LogP contribution in [0.3, 0.4) is 0 Å². The number of carbonyl (C=O) groups is 1. The van der Waals surface area contributed by atoms with Crippen molar-refractivity contribution in [3.8, 4) is 5.75 Å². The van der Waals surface area contributed by atoms with Crippen molar-refractivity contribution in [1.82, 2.24) is 15.1 Å². The molecule has 1 saturated heterocycles. The van der Waals surface area contributed by atoms with Crippen molar-refractivity contribution < 1.29 is 9.53 Å². The molecule has 132 valence electrons. The molecule has 0 aliphatic carbocycles. The Morgan fingerprint density at radius 2 is 1.92 bits per heavy atom. The summed E-state index contributed by atoms with van der Waals surface area (Å²) in [5.74, 6) is 1.92. The van der Waals surface area contributed by atoms with Crippen molar-refractivity contribution in [1.29, 1.82) is 0 Å². The van der Waals surface area contributed by atoms with Crippen molar-refractivity contribution in [2.24, 2.45) is 0 Å². The zero-order valence-corrected chi connectivity index (χ0v) is 14.8. The molecule has 1 aromatic heterocycles. The number of piperazine rings is 1. The summed E-state index contributed by atoms with van der Waals surface area (Å²) in [6.45, 7) is 4.97. The first-order chi connectivity index (χ1) is 12.2. The van der Waals surface area contributed by atoms with E-state index in [4.69, 9.17) is 4.74 Å². The minimum absolute atomic E-state index is 0.206. The van der Waals surface area contributed by atoms with Crippen LogP contribution in [0.5, 0.6) is 5.75 Å². The van der Waals surface area contributed by atoms with Crippen molar-refractivity contribution in [3.63, 3.8) is 0 Å². The van der Waals surface area contributed by atoms with Crippen LogP contribution in [-0.2, 0) is 11.2 Å². The highest BCUT2D eigenvalue weighted by molar-refractivity contribution is 5.76. The number of methoxy groups -OCH3 is 1. The van der Waals surface area contributed by atoms with E-state index in [1.54, 1.807) is 7.11 Å². The molecule has 1 amide bonds. The normalized spacial score (nSPS) is 14.5. The molecule has 1 fully saturated rings. The standard InChI is InChI=1S/C19H24N4O2/c1-15-6-8-18(21-20-15)22-10-12-23(13-11-22)19(24)9-7-16-4-3-5-17(14-16)25-2/h3-6,8,14H,7,9-13H2,1-2H3. The fourth-order valence-electron chi connectivity index (χ4n) is 2.98. The lowest BCUT2D eigenvalue weighted by Crippen LogP contribution is -2.49. The number of anilines is 1. The molecule has 6 heteroatoms. The summed E-state index contributed by atoms with van der Waals surface area (Å²) >= 11 is 0. The Morgan fingerprint density at radius 3 is 2.60 bits per heavy atom. The van der Waals surface area contributed by atoms with E-state index in [9.17, 15) is 4.79 Å². The number of hydrogen-bond donors (Lipinski definition) is 0. The van der Waals surface area contributed by atoms with Crippen LogP contribution in [-0.4, -0.2) is 54.3 Å². The number of ether oxygens (including phenoxy) is 1. The van der Waals surface area contributed by atoms with Gasteiger partial charge in [-0.3, -0.25) is 4.79 Å². The van der Waals surface area contributed by atoms with Crippen molar-refractivity contribution in [2.45, 2.75) is 19.8 Å². The zero-order chi connectivity index (χ0) is 17.6. The predicted molar refractivity (Wildman–Crippen MR) is 96.9 cm³/mol. The Labute approximate surface area is 148 Å². The van der Waals surface area contributed by atoms with Gasteiger partial charge in [-0.15, -0.1) is 5.10 Å². The minimum atomic E-state index is 0.206. The molecule has 0 atom stereocenters. The third-order valence-corrected chi connectivity index (χ3v) is 4.50. The third-order valence-electron chi connectivity index (χ3n) is 4.50. The number of benzene rings is 1. The molecule has 3 rings (SSSR count). The van der Waals surface area contributed by atoms with E-state index in [0.717, 1.165) is 55.4 Å². The van der Waals surface area contributed by atoms with E-state index in [2.05, 4.69) is 15.1 Å². The topological polar surface area (TPSA) is 58.6 Å². The quantitative estimate of drug-likeness (QED) is 0.834. The van der Waals surface area contributed by atoms with Gasteiger partial charge in [0.2, 0.25) is 5.91 Å². The number of rotatable bonds is 5. The smallest absolute Gasteiger partial charge is 0.223 e. The van der Waals surface area contributed by atoms with E-state index < -0.39 is 0 Å². The molecule has 0 N–H and O–H groups in total. The summed E-state index contributed by atoms with van der Waals surface area (Å²) in [7, 11) is 1.65. The SMILES string of the molecule is COc1cccc(CCC(=O)N2CCN(c3ccc(C)nn3)CC2)c1. The number of aryl methyl sites for hydroxylation is 2. The first kappa shape index (κ1) is 17.2. The molecular formula is C19H24N4O2. The largest absolute Gasteiger partial charge is 0.497 e. The minimum Gasteiger partial charge on any atom is -0.497 e. The van der Waals surface area contributed by atoms with Gasteiger partial charge in [0.25, 0.3) is 0 Å². The number of nitrogens with zero attached hydrogens (tertiary/aromatic N) is 4. The van der Waals surface area contributed by atoms with Crippen molar-refractivity contribution in [3.05, 3.63) is 47.7 Å². The Morgan fingerprint density at radius 1 is 1.12 bits per heavy atom. The lowest BCUT2D eigenvalue weighted by molar-refractivity contribution is -0.131. The summed E-state index contributed by atoms with van der Waals surface area (Å²) in [4.78, 5) is 16.6. The zero-order valence-electron chi connectivity index (χ0n) is 14.8. The Bertz CT molecular complexity index is 710. The molecule has 25 heavy (non-hydrogen) atoms. The highest BCUT2D eigenvalue weighted by Gasteiger charge is 2.21. The van der Waals surface area contributed by atoms with Crippen LogP contribution in [0.1, 0.15) is 17.7 Å². The predicted octanol–water partition coefficient (Wildman–Crippen LogP) is 2.08. The van der Waals surface area contributed by atoms with Gasteiger partial charge in [0.15, 0.2) is 5.82 Å². The molecule has 0 bridgehead atoms. The van der Waals surface area contributed by atoms with Crippen LogP contribution in [0.4, 0.5) is 5.82 Å². The average Bonchev–Trinajstić information content (AvgIpc) is 2.67. The molecule has 0 spiro atoms. The van der Waals surface area contributed by atoms with Gasteiger partial charge < -0.3 is 14.5 Å². The van der Waals surface area contributed by atoms with Crippen LogP contribution < -0.4 is 9.64 Å². The van der Waals surface area contributed by atoms with Gasteiger partial charge in [-0.05, 0) is 43.2 Å². The molecule has 0 radical (unpaired) electrons. The molecule has 0 saturated carbocycles. The van der Waals surface area contributed by atoms with Gasteiger partial charge in [0, 0.05) is 32.6 Å². The molecule has 1 aliphatic rings. The molecule has 1 aliphatic heterocycles. The molecular weight excluding hydrogens is 316 g/mol. The Balaban J connectivity index is 1.48. The summed E-state index contributed by atoms with van der Waals surface area (Å²) in [5, 5.41) is 8.33. The Hall–Kier alpha value is -2.63. The van der Waals surface area contributed by atoms with Crippen LogP contribution in [0.2, 0.25) is 0 Å². The lowest BCUT2D eigenvalue weighted by atomic mass is 10.1. The third kappa shape index (κ3) is 4.47. The van der Waals surface area contributed by atoms with Crippen molar-refractivity contribution >= 4 is 11.7 Å². The van der Waals surface area contributed by atoms with Gasteiger partial charge in [0.05, 0.1) is 12.8 Å². The molecule has 1 aromatic carbocycles. The van der Waals surface area contributed by atoms with Crippen LogP contribution in [0.25, 0.3) is 0 Å². The highest BCUT2D eigenvalue weighted by Crippen LogP contribution is 2.16. The highest BCUT2D eigenvalue weighted by atomic mass is 16.5. The molecule has 2 heterocycles. The maximum atomic E-state index is 12.5. The fraction of sp³-hybridized carbons (Fsp3) is 0.421. The summed E-state index contributed by atoms with van der Waals surface area (Å²) in [6.07, 6.45) is 1.26. The van der Waals surface area contributed by atoms with E-state index >= 15 is 0 Å². The second-order valence-corrected chi connectivity index (χ2v) is 6.25.